The lowest BCUT2D eigenvalue weighted by atomic mass is 10.2. The molecule has 1 unspecified atom stereocenters. The molecule has 15 heavy (non-hydrogen) atoms. The van der Waals surface area contributed by atoms with E-state index in [-0.39, 0.29) is 6.04 Å². The van der Waals surface area contributed by atoms with Crippen LogP contribution in [0.15, 0.2) is 34.1 Å². The van der Waals surface area contributed by atoms with E-state index in [4.69, 9.17) is 4.42 Å². The van der Waals surface area contributed by atoms with Crippen LogP contribution >= 0.6 is 11.3 Å². The summed E-state index contributed by atoms with van der Waals surface area (Å²) in [6.45, 7) is 2.10. The Balaban J connectivity index is 2.27. The molecule has 2 heterocycles. The summed E-state index contributed by atoms with van der Waals surface area (Å²) in [5, 5.41) is 5.36. The normalized spacial score (nSPS) is 12.9. The van der Waals surface area contributed by atoms with Gasteiger partial charge in [0.2, 0.25) is 0 Å². The van der Waals surface area contributed by atoms with Crippen molar-refractivity contribution in [1.82, 2.24) is 5.32 Å². The standard InChI is InChI=1S/C12H15NOS/c1-3-9-6-7-10(14-9)12(13-2)11-5-4-8-15-11/h4-8,12-13H,3H2,1-2H3. The number of hydrogen-bond donors (Lipinski definition) is 1. The minimum Gasteiger partial charge on any atom is -0.464 e. The van der Waals surface area contributed by atoms with Crippen molar-refractivity contribution in [3.8, 4) is 0 Å². The lowest BCUT2D eigenvalue weighted by Gasteiger charge is -2.11. The van der Waals surface area contributed by atoms with E-state index in [0.29, 0.717) is 0 Å². The quantitative estimate of drug-likeness (QED) is 0.857. The number of furan rings is 1. The molecule has 2 aromatic rings. The predicted octanol–water partition coefficient (Wildman–Crippen LogP) is 3.21. The molecule has 1 N–H and O–H groups in total. The zero-order valence-electron chi connectivity index (χ0n) is 8.99. The van der Waals surface area contributed by atoms with E-state index in [1.165, 1.54) is 4.88 Å². The highest BCUT2D eigenvalue weighted by Crippen LogP contribution is 2.27. The maximum atomic E-state index is 5.75. The largest absolute Gasteiger partial charge is 0.464 e. The Labute approximate surface area is 93.9 Å². The number of rotatable bonds is 4. The van der Waals surface area contributed by atoms with E-state index in [1.54, 1.807) is 11.3 Å². The Hall–Kier alpha value is -1.06. The van der Waals surface area contributed by atoms with E-state index >= 15 is 0 Å². The Morgan fingerprint density at radius 2 is 2.27 bits per heavy atom. The van der Waals surface area contributed by atoms with E-state index in [0.717, 1.165) is 17.9 Å². The highest BCUT2D eigenvalue weighted by atomic mass is 32.1. The fraction of sp³-hybridized carbons (Fsp3) is 0.333. The Morgan fingerprint density at radius 3 is 2.80 bits per heavy atom. The summed E-state index contributed by atoms with van der Waals surface area (Å²) in [6.07, 6.45) is 0.945. The minimum atomic E-state index is 0.185. The second-order valence-corrected chi connectivity index (χ2v) is 4.37. The van der Waals surface area contributed by atoms with Crippen LogP contribution < -0.4 is 5.32 Å². The molecule has 80 valence electrons. The van der Waals surface area contributed by atoms with Gasteiger partial charge in [-0.25, -0.2) is 0 Å². The van der Waals surface area contributed by atoms with Gasteiger partial charge in [0.05, 0.1) is 0 Å². The highest BCUT2D eigenvalue weighted by Gasteiger charge is 2.16. The fourth-order valence-electron chi connectivity index (χ4n) is 1.62. The predicted molar refractivity (Wildman–Crippen MR) is 63.3 cm³/mol. The third-order valence-corrected chi connectivity index (χ3v) is 3.37. The van der Waals surface area contributed by atoms with Crippen LogP contribution in [-0.4, -0.2) is 7.05 Å². The maximum absolute atomic E-state index is 5.75. The zero-order chi connectivity index (χ0) is 10.7. The van der Waals surface area contributed by atoms with Crippen LogP contribution in [0.1, 0.15) is 29.4 Å². The van der Waals surface area contributed by atoms with Crippen molar-refractivity contribution in [2.24, 2.45) is 0 Å². The minimum absolute atomic E-state index is 0.185. The van der Waals surface area contributed by atoms with Gasteiger partial charge in [-0.05, 0) is 30.6 Å². The first kappa shape index (κ1) is 10.5. The lowest BCUT2D eigenvalue weighted by molar-refractivity contribution is 0.436. The molecule has 0 bridgehead atoms. The van der Waals surface area contributed by atoms with Crippen LogP contribution in [0.25, 0.3) is 0 Å². The van der Waals surface area contributed by atoms with Crippen LogP contribution in [0.5, 0.6) is 0 Å². The number of nitrogens with one attached hydrogen (secondary N) is 1. The first-order valence-corrected chi connectivity index (χ1v) is 6.02. The van der Waals surface area contributed by atoms with Crippen LogP contribution in [0, 0.1) is 0 Å². The second kappa shape index (κ2) is 4.64. The van der Waals surface area contributed by atoms with Crippen molar-refractivity contribution < 1.29 is 4.42 Å². The first-order valence-electron chi connectivity index (χ1n) is 5.14. The maximum Gasteiger partial charge on any atom is 0.126 e. The van der Waals surface area contributed by atoms with E-state index < -0.39 is 0 Å². The molecule has 3 heteroatoms. The van der Waals surface area contributed by atoms with Crippen molar-refractivity contribution in [3.63, 3.8) is 0 Å². The number of thiophene rings is 1. The summed E-state index contributed by atoms with van der Waals surface area (Å²) >= 11 is 1.74. The molecule has 0 amide bonds. The van der Waals surface area contributed by atoms with Gasteiger partial charge in [0.15, 0.2) is 0 Å². The van der Waals surface area contributed by atoms with Crippen LogP contribution in [0.3, 0.4) is 0 Å². The third kappa shape index (κ3) is 2.13. The summed E-state index contributed by atoms with van der Waals surface area (Å²) < 4.78 is 5.75. The Bertz CT molecular complexity index is 405. The molecule has 0 saturated carbocycles. The molecule has 0 radical (unpaired) electrons. The third-order valence-electron chi connectivity index (χ3n) is 2.43. The zero-order valence-corrected chi connectivity index (χ0v) is 9.80. The van der Waals surface area contributed by atoms with Gasteiger partial charge in [-0.1, -0.05) is 13.0 Å². The first-order chi connectivity index (χ1) is 7.35. The van der Waals surface area contributed by atoms with Crippen molar-refractivity contribution in [1.29, 1.82) is 0 Å². The van der Waals surface area contributed by atoms with Gasteiger partial charge in [0.1, 0.15) is 17.6 Å². The molecule has 2 nitrogen and oxygen atoms in total. The van der Waals surface area contributed by atoms with Gasteiger partial charge in [0.25, 0.3) is 0 Å². The molecule has 0 fully saturated rings. The SMILES string of the molecule is CCc1ccc(C(NC)c2cccs2)o1. The summed E-state index contributed by atoms with van der Waals surface area (Å²) in [4.78, 5) is 1.29. The van der Waals surface area contributed by atoms with E-state index in [1.807, 2.05) is 13.1 Å². The summed E-state index contributed by atoms with van der Waals surface area (Å²) in [5.41, 5.74) is 0. The molecule has 0 aliphatic rings. The topological polar surface area (TPSA) is 25.2 Å². The van der Waals surface area contributed by atoms with Crippen molar-refractivity contribution in [2.45, 2.75) is 19.4 Å². The fourth-order valence-corrected chi connectivity index (χ4v) is 2.46. The molecule has 2 rings (SSSR count). The van der Waals surface area contributed by atoms with E-state index in [9.17, 15) is 0 Å². The average molecular weight is 221 g/mol. The van der Waals surface area contributed by atoms with Gasteiger partial charge < -0.3 is 9.73 Å². The Morgan fingerprint density at radius 1 is 1.40 bits per heavy atom. The number of hydrogen-bond acceptors (Lipinski definition) is 3. The van der Waals surface area contributed by atoms with Gasteiger partial charge in [-0.2, -0.15) is 0 Å². The highest BCUT2D eigenvalue weighted by molar-refractivity contribution is 7.10. The average Bonchev–Trinajstić information content (AvgIpc) is 2.89. The van der Waals surface area contributed by atoms with Crippen molar-refractivity contribution in [3.05, 3.63) is 46.0 Å². The van der Waals surface area contributed by atoms with Gasteiger partial charge in [-0.3, -0.25) is 0 Å². The van der Waals surface area contributed by atoms with Crippen molar-refractivity contribution in [2.75, 3.05) is 7.05 Å². The lowest BCUT2D eigenvalue weighted by Crippen LogP contribution is -2.15. The van der Waals surface area contributed by atoms with E-state index in [2.05, 4.69) is 35.8 Å². The number of aryl methyl sites for hydroxylation is 1. The Kier molecular flexibility index (Phi) is 3.23. The van der Waals surface area contributed by atoms with Gasteiger partial charge >= 0.3 is 0 Å². The van der Waals surface area contributed by atoms with Crippen LogP contribution in [0.4, 0.5) is 0 Å². The van der Waals surface area contributed by atoms with Gasteiger partial charge in [0, 0.05) is 11.3 Å². The summed E-state index contributed by atoms with van der Waals surface area (Å²) in [5.74, 6) is 2.04. The van der Waals surface area contributed by atoms with Gasteiger partial charge in [-0.15, -0.1) is 11.3 Å². The molecule has 2 aromatic heterocycles. The molecule has 0 aliphatic carbocycles. The molecule has 0 spiro atoms. The smallest absolute Gasteiger partial charge is 0.126 e. The molecule has 0 aliphatic heterocycles. The molecule has 1 atom stereocenters. The summed E-state index contributed by atoms with van der Waals surface area (Å²) in [7, 11) is 1.96. The molecular weight excluding hydrogens is 206 g/mol. The molecule has 0 saturated heterocycles. The summed E-state index contributed by atoms with van der Waals surface area (Å²) in [6, 6.07) is 8.48. The van der Waals surface area contributed by atoms with Crippen LogP contribution in [0.2, 0.25) is 0 Å². The van der Waals surface area contributed by atoms with Crippen molar-refractivity contribution >= 4 is 11.3 Å². The second-order valence-electron chi connectivity index (χ2n) is 3.39. The molecular formula is C12H15NOS. The monoisotopic (exact) mass is 221 g/mol. The van der Waals surface area contributed by atoms with Crippen LogP contribution in [-0.2, 0) is 6.42 Å². The molecule has 0 aromatic carbocycles.